The number of ether oxygens (including phenoxy) is 1. The second kappa shape index (κ2) is 9.93. The van der Waals surface area contributed by atoms with Gasteiger partial charge in [-0.1, -0.05) is 0 Å². The Bertz CT molecular complexity index is 662. The Kier molecular flexibility index (Phi) is 7.33. The number of nitrogens with zero attached hydrogens (tertiary/aromatic N) is 3. The molecule has 2 fully saturated rings. The van der Waals surface area contributed by atoms with Crippen LogP contribution in [0.25, 0.3) is 0 Å². The Balaban J connectivity index is 1.48. The van der Waals surface area contributed by atoms with Gasteiger partial charge in [-0.3, -0.25) is 14.5 Å². The molecule has 2 aliphatic heterocycles. The highest BCUT2D eigenvalue weighted by atomic mass is 19.1. The van der Waals surface area contributed by atoms with Crippen molar-refractivity contribution in [3.05, 3.63) is 29.8 Å². The molecule has 2 amide bonds. The van der Waals surface area contributed by atoms with E-state index in [-0.39, 0.29) is 23.4 Å². The fourth-order valence-corrected chi connectivity index (χ4v) is 4.07. The van der Waals surface area contributed by atoms with Gasteiger partial charge in [-0.25, -0.2) is 9.37 Å². The first-order chi connectivity index (χ1) is 13.6. The van der Waals surface area contributed by atoms with E-state index in [1.165, 1.54) is 12.1 Å². The smallest absolute Gasteiger partial charge is 0.272 e. The number of piperidine rings is 2. The van der Waals surface area contributed by atoms with Crippen molar-refractivity contribution in [1.29, 1.82) is 0 Å². The molecule has 0 saturated carbocycles. The first-order valence-corrected chi connectivity index (χ1v) is 10.00. The number of methoxy groups -OCH3 is 1. The van der Waals surface area contributed by atoms with Crippen LogP contribution in [0.5, 0.6) is 0 Å². The Morgan fingerprint density at radius 1 is 1.25 bits per heavy atom. The summed E-state index contributed by atoms with van der Waals surface area (Å²) in [6, 6.07) is 3.08. The van der Waals surface area contributed by atoms with Crippen LogP contribution < -0.4 is 5.32 Å². The summed E-state index contributed by atoms with van der Waals surface area (Å²) < 4.78 is 18.0. The van der Waals surface area contributed by atoms with Crippen LogP contribution in [0.3, 0.4) is 0 Å². The number of likely N-dealkylation sites (tertiary alicyclic amines) is 2. The molecule has 7 nitrogen and oxygen atoms in total. The topological polar surface area (TPSA) is 74.8 Å². The number of rotatable bonds is 6. The van der Waals surface area contributed by atoms with Crippen molar-refractivity contribution in [3.8, 4) is 0 Å². The van der Waals surface area contributed by atoms with Crippen molar-refractivity contribution in [2.45, 2.75) is 31.7 Å². The molecular formula is C20H29FN4O3. The normalized spacial score (nSPS) is 21.5. The molecule has 154 valence electrons. The van der Waals surface area contributed by atoms with Crippen molar-refractivity contribution in [2.24, 2.45) is 5.92 Å². The van der Waals surface area contributed by atoms with Gasteiger partial charge in [0, 0.05) is 39.3 Å². The standard InChI is InChI=1S/C20H29FN4O3/c1-28-12-8-22-19(26)15-3-2-9-25(14-15)17-6-10-24(11-7-17)20(27)18-5-4-16(21)13-23-18/h4-5,13,15,17H,2-3,6-12,14H2,1H3,(H,22,26)/t15-/m1/s1. The second-order valence-corrected chi connectivity index (χ2v) is 7.50. The zero-order chi connectivity index (χ0) is 19.9. The number of hydrogen-bond acceptors (Lipinski definition) is 5. The highest BCUT2D eigenvalue weighted by Gasteiger charge is 2.32. The average Bonchev–Trinajstić information content (AvgIpc) is 2.74. The summed E-state index contributed by atoms with van der Waals surface area (Å²) in [5.74, 6) is -0.459. The molecule has 1 atom stereocenters. The van der Waals surface area contributed by atoms with E-state index in [1.807, 2.05) is 0 Å². The molecule has 28 heavy (non-hydrogen) atoms. The molecule has 0 bridgehead atoms. The van der Waals surface area contributed by atoms with Crippen LogP contribution >= 0.6 is 0 Å². The van der Waals surface area contributed by atoms with E-state index in [4.69, 9.17) is 4.74 Å². The quantitative estimate of drug-likeness (QED) is 0.739. The minimum absolute atomic E-state index is 0.0219. The summed E-state index contributed by atoms with van der Waals surface area (Å²) in [5.41, 5.74) is 0.283. The van der Waals surface area contributed by atoms with E-state index < -0.39 is 5.82 Å². The van der Waals surface area contributed by atoms with E-state index in [2.05, 4.69) is 15.2 Å². The molecule has 2 saturated heterocycles. The van der Waals surface area contributed by atoms with Crippen LogP contribution in [0.1, 0.15) is 36.2 Å². The number of pyridine rings is 1. The van der Waals surface area contributed by atoms with Gasteiger partial charge in [-0.15, -0.1) is 0 Å². The van der Waals surface area contributed by atoms with Crippen LogP contribution in [0.4, 0.5) is 4.39 Å². The lowest BCUT2D eigenvalue weighted by Crippen LogP contribution is -2.51. The van der Waals surface area contributed by atoms with Crippen molar-refractivity contribution in [2.75, 3.05) is 46.4 Å². The van der Waals surface area contributed by atoms with E-state index >= 15 is 0 Å². The largest absolute Gasteiger partial charge is 0.383 e. The highest BCUT2D eigenvalue weighted by molar-refractivity contribution is 5.92. The number of amides is 2. The van der Waals surface area contributed by atoms with Gasteiger partial charge in [0.15, 0.2) is 0 Å². The maximum Gasteiger partial charge on any atom is 0.272 e. The number of hydrogen-bond donors (Lipinski definition) is 1. The molecule has 0 aliphatic carbocycles. The van der Waals surface area contributed by atoms with Gasteiger partial charge in [0.05, 0.1) is 18.7 Å². The van der Waals surface area contributed by atoms with Crippen LogP contribution in [0.2, 0.25) is 0 Å². The molecule has 0 spiro atoms. The summed E-state index contributed by atoms with van der Waals surface area (Å²) >= 11 is 0. The molecular weight excluding hydrogens is 363 g/mol. The van der Waals surface area contributed by atoms with E-state index in [0.717, 1.165) is 45.0 Å². The van der Waals surface area contributed by atoms with E-state index in [1.54, 1.807) is 12.0 Å². The molecule has 3 heterocycles. The van der Waals surface area contributed by atoms with Gasteiger partial charge >= 0.3 is 0 Å². The van der Waals surface area contributed by atoms with Crippen molar-refractivity contribution < 1.29 is 18.7 Å². The molecule has 3 rings (SSSR count). The fraction of sp³-hybridized carbons (Fsp3) is 0.650. The van der Waals surface area contributed by atoms with E-state index in [9.17, 15) is 14.0 Å². The number of halogens is 1. The summed E-state index contributed by atoms with van der Waals surface area (Å²) in [6.45, 7) is 4.16. The SMILES string of the molecule is COCCNC(=O)[C@@H]1CCCN(C2CCN(C(=O)c3ccc(F)cn3)CC2)C1. The van der Waals surface area contributed by atoms with Gasteiger partial charge in [0.2, 0.25) is 5.91 Å². The zero-order valence-electron chi connectivity index (χ0n) is 16.4. The maximum absolute atomic E-state index is 13.0. The lowest BCUT2D eigenvalue weighted by atomic mass is 9.93. The lowest BCUT2D eigenvalue weighted by molar-refractivity contribution is -0.127. The average molecular weight is 392 g/mol. The van der Waals surface area contributed by atoms with Crippen molar-refractivity contribution >= 4 is 11.8 Å². The number of aromatic nitrogens is 1. The maximum atomic E-state index is 13.0. The highest BCUT2D eigenvalue weighted by Crippen LogP contribution is 2.24. The third-order valence-corrected chi connectivity index (χ3v) is 5.64. The number of nitrogens with one attached hydrogen (secondary N) is 1. The second-order valence-electron chi connectivity index (χ2n) is 7.50. The molecule has 0 aromatic carbocycles. The van der Waals surface area contributed by atoms with Crippen LogP contribution in [-0.2, 0) is 9.53 Å². The molecule has 0 unspecified atom stereocenters. The third kappa shape index (κ3) is 5.26. The zero-order valence-corrected chi connectivity index (χ0v) is 16.4. The van der Waals surface area contributed by atoms with Crippen LogP contribution in [0, 0.1) is 11.7 Å². The Hall–Kier alpha value is -2.06. The Morgan fingerprint density at radius 3 is 2.71 bits per heavy atom. The van der Waals surface area contributed by atoms with Crippen LogP contribution in [-0.4, -0.2) is 79.1 Å². The number of carbonyl (C=O) groups excluding carboxylic acids is 2. The Morgan fingerprint density at radius 2 is 2.04 bits per heavy atom. The van der Waals surface area contributed by atoms with Crippen LogP contribution in [0.15, 0.2) is 18.3 Å². The van der Waals surface area contributed by atoms with Gasteiger partial charge in [0.1, 0.15) is 11.5 Å². The minimum Gasteiger partial charge on any atom is -0.383 e. The first-order valence-electron chi connectivity index (χ1n) is 10.00. The third-order valence-electron chi connectivity index (χ3n) is 5.64. The molecule has 1 aromatic rings. The minimum atomic E-state index is -0.443. The van der Waals surface area contributed by atoms with Gasteiger partial charge in [-0.05, 0) is 44.4 Å². The van der Waals surface area contributed by atoms with Gasteiger partial charge in [-0.2, -0.15) is 0 Å². The van der Waals surface area contributed by atoms with Gasteiger partial charge < -0.3 is 15.0 Å². The number of carbonyl (C=O) groups is 2. The monoisotopic (exact) mass is 392 g/mol. The summed E-state index contributed by atoms with van der Waals surface area (Å²) in [5, 5.41) is 2.94. The lowest BCUT2D eigenvalue weighted by Gasteiger charge is -2.42. The molecule has 0 radical (unpaired) electrons. The first kappa shape index (κ1) is 20.7. The molecule has 1 aromatic heterocycles. The van der Waals surface area contributed by atoms with Crippen molar-refractivity contribution in [1.82, 2.24) is 20.1 Å². The van der Waals surface area contributed by atoms with E-state index in [0.29, 0.717) is 32.3 Å². The Labute approximate surface area is 165 Å². The molecule has 8 heteroatoms. The summed E-state index contributed by atoms with van der Waals surface area (Å²) in [4.78, 5) is 33.0. The fourth-order valence-electron chi connectivity index (χ4n) is 4.07. The summed E-state index contributed by atoms with van der Waals surface area (Å²) in [6.07, 6.45) is 4.77. The molecule has 1 N–H and O–H groups in total. The van der Waals surface area contributed by atoms with Crippen molar-refractivity contribution in [3.63, 3.8) is 0 Å². The summed E-state index contributed by atoms with van der Waals surface area (Å²) in [7, 11) is 1.62. The van der Waals surface area contributed by atoms with Gasteiger partial charge in [0.25, 0.3) is 5.91 Å². The predicted molar refractivity (Wildman–Crippen MR) is 102 cm³/mol. The molecule has 2 aliphatic rings. The predicted octanol–water partition coefficient (Wildman–Crippen LogP) is 1.30.